The Hall–Kier alpha value is -2.45. The number of hydrogen-bond donors (Lipinski definition) is 0. The second kappa shape index (κ2) is 6.98. The summed E-state index contributed by atoms with van der Waals surface area (Å²) in [5, 5.41) is 0.470. The van der Waals surface area contributed by atoms with Gasteiger partial charge in [0, 0.05) is 42.3 Å². The molecule has 2 aromatic rings. The number of nitrogens with zero attached hydrogens (tertiary/aromatic N) is 3. The van der Waals surface area contributed by atoms with E-state index < -0.39 is 17.3 Å². The molecule has 0 radical (unpaired) electrons. The maximum Gasteiger partial charge on any atom is 0.275 e. The van der Waals surface area contributed by atoms with Crippen molar-refractivity contribution in [3.63, 3.8) is 0 Å². The summed E-state index contributed by atoms with van der Waals surface area (Å²) in [6, 6.07) is 2.85. The molecule has 2 heterocycles. The number of pyridine rings is 2. The van der Waals surface area contributed by atoms with E-state index in [1.807, 2.05) is 20.8 Å². The summed E-state index contributed by atoms with van der Waals surface area (Å²) in [7, 11) is 1.61. The SMILES string of the molecule is CN(C(=O)c1ncc(C#Cc2cncc(Cl)c2)cc1F)C(C)(C)C. The third kappa shape index (κ3) is 4.30. The van der Waals surface area contributed by atoms with Crippen molar-refractivity contribution < 1.29 is 9.18 Å². The lowest BCUT2D eigenvalue weighted by atomic mass is 10.1. The molecule has 0 atom stereocenters. The average molecular weight is 346 g/mol. The van der Waals surface area contributed by atoms with E-state index in [2.05, 4.69) is 21.8 Å². The molecular weight excluding hydrogens is 329 g/mol. The van der Waals surface area contributed by atoms with Crippen LogP contribution in [0.15, 0.2) is 30.7 Å². The van der Waals surface area contributed by atoms with Gasteiger partial charge in [-0.2, -0.15) is 0 Å². The molecule has 0 aliphatic rings. The summed E-state index contributed by atoms with van der Waals surface area (Å²) in [5.74, 6) is 4.43. The zero-order valence-corrected chi connectivity index (χ0v) is 14.6. The van der Waals surface area contributed by atoms with Gasteiger partial charge >= 0.3 is 0 Å². The number of hydrogen-bond acceptors (Lipinski definition) is 3. The van der Waals surface area contributed by atoms with Crippen molar-refractivity contribution in [1.82, 2.24) is 14.9 Å². The van der Waals surface area contributed by atoms with Crippen LogP contribution in [0.3, 0.4) is 0 Å². The Balaban J connectivity index is 2.26. The first-order valence-corrected chi connectivity index (χ1v) is 7.62. The van der Waals surface area contributed by atoms with Crippen LogP contribution < -0.4 is 0 Å². The Labute approximate surface area is 145 Å². The Bertz CT molecular complexity index is 834. The van der Waals surface area contributed by atoms with Crippen molar-refractivity contribution in [3.05, 3.63) is 58.4 Å². The fourth-order valence-electron chi connectivity index (χ4n) is 1.75. The number of carbonyl (C=O) groups excluding carboxylic acids is 1. The van der Waals surface area contributed by atoms with E-state index in [1.54, 1.807) is 19.3 Å². The van der Waals surface area contributed by atoms with Crippen LogP contribution in [0.2, 0.25) is 5.02 Å². The Kier molecular flexibility index (Phi) is 5.20. The van der Waals surface area contributed by atoms with Crippen molar-refractivity contribution in [3.8, 4) is 11.8 Å². The highest BCUT2D eigenvalue weighted by Gasteiger charge is 2.26. The number of amides is 1. The minimum absolute atomic E-state index is 0.220. The van der Waals surface area contributed by atoms with Crippen molar-refractivity contribution >= 4 is 17.5 Å². The Morgan fingerprint density at radius 3 is 2.33 bits per heavy atom. The highest BCUT2D eigenvalue weighted by Crippen LogP contribution is 2.16. The van der Waals surface area contributed by atoms with Gasteiger partial charge in [0.15, 0.2) is 11.5 Å². The third-order valence-electron chi connectivity index (χ3n) is 3.41. The smallest absolute Gasteiger partial charge is 0.275 e. The lowest BCUT2D eigenvalue weighted by Crippen LogP contribution is -2.43. The first kappa shape index (κ1) is 17.9. The van der Waals surface area contributed by atoms with Crippen molar-refractivity contribution in [2.24, 2.45) is 0 Å². The molecule has 0 saturated carbocycles. The predicted octanol–water partition coefficient (Wildman–Crippen LogP) is 3.54. The topological polar surface area (TPSA) is 46.1 Å². The first-order chi connectivity index (χ1) is 11.2. The number of aromatic nitrogens is 2. The molecule has 1 amide bonds. The standard InChI is InChI=1S/C18H17ClFN3O/c1-18(2,3)23(4)17(24)16-15(20)8-13(10-22-16)6-5-12-7-14(19)11-21-9-12/h7-11H,1-4H3. The maximum absolute atomic E-state index is 14.2. The molecule has 0 saturated heterocycles. The van der Waals surface area contributed by atoms with Crippen LogP contribution in [0.25, 0.3) is 0 Å². The van der Waals surface area contributed by atoms with Gasteiger partial charge in [-0.15, -0.1) is 0 Å². The first-order valence-electron chi connectivity index (χ1n) is 7.25. The predicted molar refractivity (Wildman–Crippen MR) is 91.3 cm³/mol. The summed E-state index contributed by atoms with van der Waals surface area (Å²) in [5.41, 5.74) is 0.323. The number of rotatable bonds is 1. The normalized spacial score (nSPS) is 10.8. The average Bonchev–Trinajstić information content (AvgIpc) is 2.51. The third-order valence-corrected chi connectivity index (χ3v) is 3.62. The molecule has 6 heteroatoms. The molecule has 2 aromatic heterocycles. The monoisotopic (exact) mass is 345 g/mol. The van der Waals surface area contributed by atoms with Gasteiger partial charge in [0.25, 0.3) is 5.91 Å². The fraction of sp³-hybridized carbons (Fsp3) is 0.278. The summed E-state index contributed by atoms with van der Waals surface area (Å²) in [6.45, 7) is 5.59. The van der Waals surface area contributed by atoms with Crippen molar-refractivity contribution in [2.75, 3.05) is 7.05 Å². The molecule has 124 valence electrons. The Morgan fingerprint density at radius 2 is 1.79 bits per heavy atom. The molecule has 0 N–H and O–H groups in total. The summed E-state index contributed by atoms with van der Waals surface area (Å²) >= 11 is 5.83. The molecular formula is C18H17ClFN3O. The molecule has 0 aliphatic heterocycles. The van der Waals surface area contributed by atoms with Crippen LogP contribution in [0.4, 0.5) is 4.39 Å². The van der Waals surface area contributed by atoms with E-state index in [-0.39, 0.29) is 5.69 Å². The molecule has 24 heavy (non-hydrogen) atoms. The van der Waals surface area contributed by atoms with Gasteiger partial charge in [0.05, 0.1) is 5.02 Å². The van der Waals surface area contributed by atoms with Gasteiger partial charge in [0.1, 0.15) is 0 Å². The molecule has 2 rings (SSSR count). The van der Waals surface area contributed by atoms with Gasteiger partial charge in [0.2, 0.25) is 0 Å². The molecule has 0 aromatic carbocycles. The van der Waals surface area contributed by atoms with Gasteiger partial charge in [-0.1, -0.05) is 23.4 Å². The Morgan fingerprint density at radius 1 is 1.17 bits per heavy atom. The van der Waals surface area contributed by atoms with Gasteiger partial charge in [-0.3, -0.25) is 9.78 Å². The van der Waals surface area contributed by atoms with Gasteiger partial charge < -0.3 is 4.90 Å². The molecule has 0 unspecified atom stereocenters. The number of carbonyl (C=O) groups is 1. The van der Waals surface area contributed by atoms with E-state index in [4.69, 9.17) is 11.6 Å². The van der Waals surface area contributed by atoms with Crippen LogP contribution in [0.5, 0.6) is 0 Å². The fourth-order valence-corrected chi connectivity index (χ4v) is 1.93. The highest BCUT2D eigenvalue weighted by atomic mass is 35.5. The van der Waals surface area contributed by atoms with E-state index >= 15 is 0 Å². The van der Waals surface area contributed by atoms with Crippen molar-refractivity contribution in [1.29, 1.82) is 0 Å². The quantitative estimate of drug-likeness (QED) is 0.743. The molecule has 0 bridgehead atoms. The number of halogens is 2. The summed E-state index contributed by atoms with van der Waals surface area (Å²) < 4.78 is 14.2. The highest BCUT2D eigenvalue weighted by molar-refractivity contribution is 6.30. The molecule has 0 fully saturated rings. The molecule has 0 spiro atoms. The molecule has 4 nitrogen and oxygen atoms in total. The summed E-state index contributed by atoms with van der Waals surface area (Å²) in [4.78, 5) is 21.6. The van der Waals surface area contributed by atoms with Crippen LogP contribution in [0.1, 0.15) is 42.4 Å². The van der Waals surface area contributed by atoms with Crippen molar-refractivity contribution in [2.45, 2.75) is 26.3 Å². The zero-order valence-electron chi connectivity index (χ0n) is 13.9. The van der Waals surface area contributed by atoms with Gasteiger partial charge in [-0.25, -0.2) is 9.37 Å². The second-order valence-corrected chi connectivity index (χ2v) is 6.67. The van der Waals surface area contributed by atoms with Crippen LogP contribution in [-0.4, -0.2) is 33.4 Å². The van der Waals surface area contributed by atoms with E-state index in [9.17, 15) is 9.18 Å². The maximum atomic E-state index is 14.2. The van der Waals surface area contributed by atoms with Crippen LogP contribution in [-0.2, 0) is 0 Å². The van der Waals surface area contributed by atoms with E-state index in [0.29, 0.717) is 16.1 Å². The summed E-state index contributed by atoms with van der Waals surface area (Å²) in [6.07, 6.45) is 4.43. The lowest BCUT2D eigenvalue weighted by molar-refractivity contribution is 0.0644. The van der Waals surface area contributed by atoms with Crippen LogP contribution in [0, 0.1) is 17.7 Å². The van der Waals surface area contributed by atoms with Gasteiger partial charge in [-0.05, 0) is 32.9 Å². The second-order valence-electron chi connectivity index (χ2n) is 6.23. The minimum atomic E-state index is -0.702. The molecule has 0 aliphatic carbocycles. The van der Waals surface area contributed by atoms with Crippen LogP contribution >= 0.6 is 11.6 Å². The van der Waals surface area contributed by atoms with E-state index in [1.165, 1.54) is 23.4 Å². The lowest BCUT2D eigenvalue weighted by Gasteiger charge is -2.31. The zero-order chi connectivity index (χ0) is 17.9. The largest absolute Gasteiger partial charge is 0.335 e. The minimum Gasteiger partial charge on any atom is -0.335 e. The van der Waals surface area contributed by atoms with E-state index in [0.717, 1.165) is 0 Å².